The molecular weight excluding hydrogens is 372 g/mol. The van der Waals surface area contributed by atoms with Crippen molar-refractivity contribution < 1.29 is 0 Å². The molecule has 0 bridgehead atoms. The van der Waals surface area contributed by atoms with Crippen LogP contribution in [0.4, 0.5) is 0 Å². The second kappa shape index (κ2) is 6.44. The molecule has 4 aromatic rings. The van der Waals surface area contributed by atoms with Crippen molar-refractivity contribution >= 4 is 0 Å². The molecule has 0 fully saturated rings. The lowest BCUT2D eigenvalue weighted by Gasteiger charge is -2.35. The van der Waals surface area contributed by atoms with Gasteiger partial charge in [-0.05, 0) is 67.5 Å². The molecule has 0 heterocycles. The topological polar surface area (TPSA) is 0 Å². The molecule has 0 unspecified atom stereocenters. The molecule has 31 heavy (non-hydrogen) atoms. The standard InChI is InChI=1S/C31H28/c1-19(2)21-13-9-15-25-26-16-10-14-22(20(3)4)30(26)31(29(21)25)27-17-7-5-11-23(27)24-12-6-8-18-28(24)31/h5-20H,1-4H3. The highest BCUT2D eigenvalue weighted by Crippen LogP contribution is 2.65. The van der Waals surface area contributed by atoms with Crippen molar-refractivity contribution in [3.8, 4) is 22.3 Å². The van der Waals surface area contributed by atoms with E-state index in [2.05, 4.69) is 113 Å². The lowest BCUT2D eigenvalue weighted by atomic mass is 9.66. The molecule has 0 aliphatic heterocycles. The Morgan fingerprint density at radius 1 is 0.452 bits per heavy atom. The molecule has 152 valence electrons. The third kappa shape index (κ3) is 2.20. The number of rotatable bonds is 2. The minimum atomic E-state index is -0.237. The quantitative estimate of drug-likeness (QED) is 0.274. The molecule has 0 nitrogen and oxygen atoms in total. The number of hydrogen-bond acceptors (Lipinski definition) is 0. The van der Waals surface area contributed by atoms with Gasteiger partial charge in [-0.15, -0.1) is 0 Å². The molecule has 0 radical (unpaired) electrons. The average Bonchev–Trinajstić information content (AvgIpc) is 3.26. The van der Waals surface area contributed by atoms with E-state index in [1.807, 2.05) is 0 Å². The molecule has 0 saturated heterocycles. The zero-order valence-corrected chi connectivity index (χ0v) is 18.7. The summed E-state index contributed by atoms with van der Waals surface area (Å²) in [4.78, 5) is 0. The molecule has 0 heteroatoms. The van der Waals surface area contributed by atoms with Crippen LogP contribution in [0.1, 0.15) is 72.9 Å². The van der Waals surface area contributed by atoms with Crippen molar-refractivity contribution in [2.24, 2.45) is 0 Å². The van der Waals surface area contributed by atoms with Crippen LogP contribution in [0.5, 0.6) is 0 Å². The van der Waals surface area contributed by atoms with E-state index >= 15 is 0 Å². The van der Waals surface area contributed by atoms with Gasteiger partial charge in [0, 0.05) is 0 Å². The van der Waals surface area contributed by atoms with Gasteiger partial charge in [-0.2, -0.15) is 0 Å². The van der Waals surface area contributed by atoms with Gasteiger partial charge in [0.15, 0.2) is 0 Å². The highest BCUT2D eigenvalue weighted by atomic mass is 14.5. The molecule has 0 atom stereocenters. The third-order valence-electron chi connectivity index (χ3n) is 7.43. The Hall–Kier alpha value is -3.12. The maximum atomic E-state index is 2.38. The predicted molar refractivity (Wildman–Crippen MR) is 131 cm³/mol. The van der Waals surface area contributed by atoms with Gasteiger partial charge in [0.1, 0.15) is 0 Å². The van der Waals surface area contributed by atoms with Crippen LogP contribution in [0.15, 0.2) is 84.9 Å². The molecule has 4 aromatic carbocycles. The minimum absolute atomic E-state index is 0.237. The minimum Gasteiger partial charge on any atom is -0.0619 e. The lowest BCUT2D eigenvalue weighted by Crippen LogP contribution is -2.29. The summed E-state index contributed by atoms with van der Waals surface area (Å²) >= 11 is 0. The first-order chi connectivity index (χ1) is 15.1. The monoisotopic (exact) mass is 400 g/mol. The van der Waals surface area contributed by atoms with E-state index in [-0.39, 0.29) is 5.41 Å². The molecule has 6 rings (SSSR count). The molecule has 0 aromatic heterocycles. The van der Waals surface area contributed by atoms with Crippen LogP contribution in [-0.2, 0) is 5.41 Å². The van der Waals surface area contributed by atoms with Crippen LogP contribution in [0.25, 0.3) is 22.3 Å². The summed E-state index contributed by atoms with van der Waals surface area (Å²) in [5.74, 6) is 0.923. The second-order valence-corrected chi connectivity index (χ2v) is 9.69. The molecule has 0 saturated carbocycles. The van der Waals surface area contributed by atoms with Crippen molar-refractivity contribution in [3.63, 3.8) is 0 Å². The Balaban J connectivity index is 1.90. The maximum Gasteiger partial charge on any atom is 0.0731 e. The second-order valence-electron chi connectivity index (χ2n) is 9.69. The van der Waals surface area contributed by atoms with Gasteiger partial charge in [-0.3, -0.25) is 0 Å². The van der Waals surface area contributed by atoms with Crippen LogP contribution in [0, 0.1) is 0 Å². The van der Waals surface area contributed by atoms with Crippen molar-refractivity contribution in [1.29, 1.82) is 0 Å². The van der Waals surface area contributed by atoms with Gasteiger partial charge in [-0.25, -0.2) is 0 Å². The Bertz CT molecular complexity index is 1230. The molecule has 0 amide bonds. The maximum absolute atomic E-state index is 2.38. The summed E-state index contributed by atoms with van der Waals surface area (Å²) in [6, 6.07) is 32.1. The smallest absolute Gasteiger partial charge is 0.0619 e. The zero-order chi connectivity index (χ0) is 21.3. The van der Waals surface area contributed by atoms with E-state index in [4.69, 9.17) is 0 Å². The largest absolute Gasteiger partial charge is 0.0731 e. The van der Waals surface area contributed by atoms with E-state index in [0.717, 1.165) is 0 Å². The fraction of sp³-hybridized carbons (Fsp3) is 0.226. The van der Waals surface area contributed by atoms with Crippen LogP contribution in [0.3, 0.4) is 0 Å². The summed E-state index contributed by atoms with van der Waals surface area (Å²) in [5, 5.41) is 0. The highest BCUT2D eigenvalue weighted by molar-refractivity contribution is 5.96. The van der Waals surface area contributed by atoms with E-state index in [1.54, 1.807) is 0 Å². The van der Waals surface area contributed by atoms with Gasteiger partial charge in [-0.1, -0.05) is 113 Å². The van der Waals surface area contributed by atoms with E-state index in [1.165, 1.54) is 55.6 Å². The molecule has 0 N–H and O–H groups in total. The Morgan fingerprint density at radius 2 is 0.839 bits per heavy atom. The van der Waals surface area contributed by atoms with Crippen molar-refractivity contribution in [1.82, 2.24) is 0 Å². The summed E-state index contributed by atoms with van der Waals surface area (Å²) in [6.07, 6.45) is 0. The predicted octanol–water partition coefficient (Wildman–Crippen LogP) is 8.28. The first kappa shape index (κ1) is 18.6. The summed E-state index contributed by atoms with van der Waals surface area (Å²) in [6.45, 7) is 9.34. The van der Waals surface area contributed by atoms with E-state index in [0.29, 0.717) is 11.8 Å². The van der Waals surface area contributed by atoms with Crippen molar-refractivity contribution in [2.75, 3.05) is 0 Å². The lowest BCUT2D eigenvalue weighted by molar-refractivity contribution is 0.726. The van der Waals surface area contributed by atoms with Crippen LogP contribution >= 0.6 is 0 Å². The highest BCUT2D eigenvalue weighted by Gasteiger charge is 2.53. The van der Waals surface area contributed by atoms with Gasteiger partial charge in [0.05, 0.1) is 5.41 Å². The summed E-state index contributed by atoms with van der Waals surface area (Å²) in [7, 11) is 0. The van der Waals surface area contributed by atoms with E-state index in [9.17, 15) is 0 Å². The van der Waals surface area contributed by atoms with Gasteiger partial charge in [0.2, 0.25) is 0 Å². The molecule has 2 aliphatic rings. The average molecular weight is 401 g/mol. The fourth-order valence-electron chi connectivity index (χ4n) is 6.29. The summed E-state index contributed by atoms with van der Waals surface area (Å²) < 4.78 is 0. The first-order valence-electron chi connectivity index (χ1n) is 11.5. The van der Waals surface area contributed by atoms with Gasteiger partial charge < -0.3 is 0 Å². The SMILES string of the molecule is CC(C)c1cccc2c1C1(c3ccccc3-c3ccccc31)c1c-2cccc1C(C)C. The zero-order valence-electron chi connectivity index (χ0n) is 18.7. The molecule has 1 spiro atoms. The summed E-state index contributed by atoms with van der Waals surface area (Å²) in [5.41, 5.74) is 14.2. The normalized spacial score (nSPS) is 14.6. The number of hydrogen-bond donors (Lipinski definition) is 0. The van der Waals surface area contributed by atoms with Gasteiger partial charge in [0.25, 0.3) is 0 Å². The van der Waals surface area contributed by atoms with Crippen molar-refractivity contribution in [2.45, 2.75) is 44.9 Å². The van der Waals surface area contributed by atoms with Gasteiger partial charge >= 0.3 is 0 Å². The molecule has 2 aliphatic carbocycles. The fourth-order valence-corrected chi connectivity index (χ4v) is 6.29. The Labute approximate surface area is 185 Å². The number of fused-ring (bicyclic) bond motifs is 10. The first-order valence-corrected chi connectivity index (χ1v) is 11.5. The van der Waals surface area contributed by atoms with Crippen LogP contribution < -0.4 is 0 Å². The molecular formula is C31H28. The van der Waals surface area contributed by atoms with E-state index < -0.39 is 0 Å². The number of benzene rings is 4. The van der Waals surface area contributed by atoms with Crippen LogP contribution in [-0.4, -0.2) is 0 Å². The van der Waals surface area contributed by atoms with Crippen molar-refractivity contribution in [3.05, 3.63) is 118 Å². The Kier molecular flexibility index (Phi) is 3.87. The van der Waals surface area contributed by atoms with Crippen LogP contribution in [0.2, 0.25) is 0 Å². The third-order valence-corrected chi connectivity index (χ3v) is 7.43. The Morgan fingerprint density at radius 3 is 1.26 bits per heavy atom.